The number of amides is 1. The number of hydrogen-bond donors (Lipinski definition) is 1. The van der Waals surface area contributed by atoms with Crippen LogP contribution < -0.4 is 29.0 Å². The summed E-state index contributed by atoms with van der Waals surface area (Å²) in [5, 5.41) is 3.67. The quantitative estimate of drug-likeness (QED) is 0.490. The van der Waals surface area contributed by atoms with E-state index >= 15 is 0 Å². The van der Waals surface area contributed by atoms with Crippen molar-refractivity contribution in [2.45, 2.75) is 20.0 Å². The van der Waals surface area contributed by atoms with Gasteiger partial charge in [0.2, 0.25) is 11.6 Å². The number of nitrogens with one attached hydrogen (secondary N) is 1. The van der Waals surface area contributed by atoms with Crippen LogP contribution in [-0.4, -0.2) is 51.3 Å². The van der Waals surface area contributed by atoms with Crippen LogP contribution in [0.15, 0.2) is 47.1 Å². The topological polar surface area (TPSA) is 100 Å². The minimum Gasteiger partial charge on any atom is -0.493 e. The van der Waals surface area contributed by atoms with E-state index in [9.17, 15) is 4.79 Å². The van der Waals surface area contributed by atoms with Gasteiger partial charge in [0.05, 0.1) is 40.1 Å². The molecular formula is C26H27N3O6. The lowest BCUT2D eigenvalue weighted by Crippen LogP contribution is -2.24. The molecule has 0 radical (unpaired) electrons. The van der Waals surface area contributed by atoms with Gasteiger partial charge >= 0.3 is 0 Å². The first-order valence-corrected chi connectivity index (χ1v) is 10.9. The highest BCUT2D eigenvalue weighted by atomic mass is 16.5. The highest BCUT2D eigenvalue weighted by Crippen LogP contribution is 2.38. The van der Waals surface area contributed by atoms with Crippen LogP contribution in [0.1, 0.15) is 25.0 Å². The number of carbonyl (C=O) groups is 1. The number of ether oxygens (including phenoxy) is 5. The molecule has 35 heavy (non-hydrogen) atoms. The first kappa shape index (κ1) is 23.9. The third-order valence-corrected chi connectivity index (χ3v) is 5.27. The summed E-state index contributed by atoms with van der Waals surface area (Å²) in [5.41, 5.74) is 2.17. The fourth-order valence-electron chi connectivity index (χ4n) is 3.73. The van der Waals surface area contributed by atoms with Crippen LogP contribution in [-0.2, 0) is 4.79 Å². The number of hydrogen-bond acceptors (Lipinski definition) is 8. The molecule has 0 unspecified atom stereocenters. The van der Waals surface area contributed by atoms with Crippen LogP contribution in [0.25, 0.3) is 17.0 Å². The van der Waals surface area contributed by atoms with E-state index in [4.69, 9.17) is 23.7 Å². The van der Waals surface area contributed by atoms with Crippen LogP contribution in [0.5, 0.6) is 28.9 Å². The van der Waals surface area contributed by atoms with Gasteiger partial charge in [-0.1, -0.05) is 0 Å². The normalized spacial score (nSPS) is 14.2. The van der Waals surface area contributed by atoms with Crippen LogP contribution in [0.4, 0.5) is 0 Å². The maximum Gasteiger partial charge on any atom is 0.275 e. The van der Waals surface area contributed by atoms with Gasteiger partial charge < -0.3 is 29.0 Å². The molecule has 3 aromatic rings. The molecule has 182 valence electrons. The van der Waals surface area contributed by atoms with Crippen molar-refractivity contribution in [2.75, 3.05) is 28.4 Å². The molecule has 9 nitrogen and oxygen atoms in total. The van der Waals surface area contributed by atoms with Crippen molar-refractivity contribution in [1.29, 1.82) is 0 Å². The SMILES string of the molecule is COc1cc(C2=N/C(=C\c3cc4ccc(OC(C)C)cc4nc3OC)C(=O)N2)cc(OC)c1OC. The molecule has 1 amide bonds. The minimum atomic E-state index is -0.350. The summed E-state index contributed by atoms with van der Waals surface area (Å²) in [6, 6.07) is 11.0. The van der Waals surface area contributed by atoms with Gasteiger partial charge in [-0.05, 0) is 50.3 Å². The number of rotatable bonds is 8. The summed E-state index contributed by atoms with van der Waals surface area (Å²) in [5.74, 6) is 2.47. The van der Waals surface area contributed by atoms with Crippen molar-refractivity contribution in [2.24, 2.45) is 4.99 Å². The fraction of sp³-hybridized carbons (Fsp3) is 0.269. The monoisotopic (exact) mass is 477 g/mol. The molecule has 1 N–H and O–H groups in total. The number of nitrogens with zero attached hydrogens (tertiary/aromatic N) is 2. The van der Waals surface area contributed by atoms with Crippen LogP contribution >= 0.6 is 0 Å². The number of fused-ring (bicyclic) bond motifs is 1. The zero-order chi connectivity index (χ0) is 25.1. The van der Waals surface area contributed by atoms with Crippen LogP contribution in [0, 0.1) is 0 Å². The average molecular weight is 478 g/mol. The predicted molar refractivity (Wildman–Crippen MR) is 133 cm³/mol. The Morgan fingerprint density at radius 2 is 1.63 bits per heavy atom. The third kappa shape index (κ3) is 4.84. The number of methoxy groups -OCH3 is 4. The zero-order valence-electron chi connectivity index (χ0n) is 20.5. The highest BCUT2D eigenvalue weighted by molar-refractivity contribution is 6.20. The van der Waals surface area contributed by atoms with Gasteiger partial charge in [-0.3, -0.25) is 4.79 Å². The van der Waals surface area contributed by atoms with Gasteiger partial charge in [-0.25, -0.2) is 9.98 Å². The first-order valence-electron chi connectivity index (χ1n) is 10.9. The molecule has 4 rings (SSSR count). The molecule has 9 heteroatoms. The van der Waals surface area contributed by atoms with Crippen LogP contribution in [0.2, 0.25) is 0 Å². The lowest BCUT2D eigenvalue weighted by molar-refractivity contribution is -0.115. The van der Waals surface area contributed by atoms with E-state index in [2.05, 4.69) is 15.3 Å². The fourth-order valence-corrected chi connectivity index (χ4v) is 3.73. The van der Waals surface area contributed by atoms with E-state index in [0.717, 1.165) is 16.7 Å². The Hall–Kier alpha value is -4.27. The van der Waals surface area contributed by atoms with Crippen molar-refractivity contribution in [3.05, 3.63) is 53.2 Å². The van der Waals surface area contributed by atoms with Gasteiger partial charge in [0.1, 0.15) is 17.3 Å². The Morgan fingerprint density at radius 3 is 2.23 bits per heavy atom. The Morgan fingerprint density at radius 1 is 0.914 bits per heavy atom. The van der Waals surface area contributed by atoms with Gasteiger partial charge in [-0.2, -0.15) is 0 Å². The number of benzene rings is 2. The summed E-state index contributed by atoms with van der Waals surface area (Å²) in [6.45, 7) is 3.93. The average Bonchev–Trinajstić information content (AvgIpc) is 3.22. The van der Waals surface area contributed by atoms with Gasteiger partial charge in [0, 0.05) is 22.6 Å². The van der Waals surface area contributed by atoms with Crippen molar-refractivity contribution in [3.63, 3.8) is 0 Å². The van der Waals surface area contributed by atoms with E-state index in [1.807, 2.05) is 38.1 Å². The molecule has 0 atom stereocenters. The Balaban J connectivity index is 1.74. The summed E-state index contributed by atoms with van der Waals surface area (Å²) in [7, 11) is 6.11. The molecule has 0 saturated carbocycles. The Labute approximate surface area is 203 Å². The minimum absolute atomic E-state index is 0.0527. The summed E-state index contributed by atoms with van der Waals surface area (Å²) >= 11 is 0. The Bertz CT molecular complexity index is 1320. The predicted octanol–water partition coefficient (Wildman–Crippen LogP) is 3.97. The highest BCUT2D eigenvalue weighted by Gasteiger charge is 2.24. The van der Waals surface area contributed by atoms with E-state index < -0.39 is 0 Å². The van der Waals surface area contributed by atoms with Crippen molar-refractivity contribution in [3.8, 4) is 28.9 Å². The molecule has 1 aromatic heterocycles. The van der Waals surface area contributed by atoms with Gasteiger partial charge in [0.25, 0.3) is 5.91 Å². The third-order valence-electron chi connectivity index (χ3n) is 5.27. The lowest BCUT2D eigenvalue weighted by Gasteiger charge is -2.13. The molecule has 0 fully saturated rings. The van der Waals surface area contributed by atoms with Crippen molar-refractivity contribution < 1.29 is 28.5 Å². The number of aliphatic imine (C=N–C) groups is 1. The smallest absolute Gasteiger partial charge is 0.275 e. The van der Waals surface area contributed by atoms with Crippen molar-refractivity contribution in [1.82, 2.24) is 10.3 Å². The van der Waals surface area contributed by atoms with Gasteiger partial charge in [0.15, 0.2) is 11.5 Å². The number of aromatic nitrogens is 1. The maximum atomic E-state index is 12.7. The molecule has 2 heterocycles. The van der Waals surface area contributed by atoms with Gasteiger partial charge in [-0.15, -0.1) is 0 Å². The Kier molecular flexibility index (Phi) is 6.77. The molecule has 2 aromatic carbocycles. The largest absolute Gasteiger partial charge is 0.493 e. The number of pyridine rings is 1. The number of amidine groups is 1. The summed E-state index contributed by atoms with van der Waals surface area (Å²) < 4.78 is 27.4. The second-order valence-corrected chi connectivity index (χ2v) is 7.97. The molecular weight excluding hydrogens is 450 g/mol. The standard InChI is InChI=1S/C26H27N3O6/c1-14(2)35-18-8-7-15-9-17(26(34-6)28-19(15)13-18)10-20-25(30)29-24(27-20)16-11-21(31-3)23(33-5)22(12-16)32-4/h7-14H,1-6H3,(H,27,29,30)/b20-10-. The lowest BCUT2D eigenvalue weighted by atomic mass is 10.1. The van der Waals surface area contributed by atoms with Crippen LogP contribution in [0.3, 0.4) is 0 Å². The maximum absolute atomic E-state index is 12.7. The van der Waals surface area contributed by atoms with E-state index in [-0.39, 0.29) is 17.7 Å². The first-order chi connectivity index (χ1) is 16.9. The molecule has 1 aliphatic heterocycles. The molecule has 0 spiro atoms. The summed E-state index contributed by atoms with van der Waals surface area (Å²) in [4.78, 5) is 21.8. The number of carbonyl (C=O) groups excluding carboxylic acids is 1. The zero-order valence-corrected chi connectivity index (χ0v) is 20.5. The van der Waals surface area contributed by atoms with E-state index in [1.165, 1.54) is 28.4 Å². The second kappa shape index (κ2) is 9.92. The van der Waals surface area contributed by atoms with Crippen molar-refractivity contribution >= 4 is 28.7 Å². The van der Waals surface area contributed by atoms with E-state index in [1.54, 1.807) is 18.2 Å². The van der Waals surface area contributed by atoms with E-state index in [0.29, 0.717) is 40.1 Å². The molecule has 0 saturated heterocycles. The summed E-state index contributed by atoms with van der Waals surface area (Å²) in [6.07, 6.45) is 1.70. The molecule has 1 aliphatic rings. The molecule has 0 bridgehead atoms. The second-order valence-electron chi connectivity index (χ2n) is 7.97. The molecule has 0 aliphatic carbocycles.